The first-order valence-electron chi connectivity index (χ1n) is 9.97. The van der Waals surface area contributed by atoms with Crippen LogP contribution in [0, 0.1) is 5.82 Å². The van der Waals surface area contributed by atoms with Crippen molar-refractivity contribution in [2.24, 2.45) is 0 Å². The van der Waals surface area contributed by atoms with E-state index in [1.165, 1.54) is 25.1 Å². The third-order valence-electron chi connectivity index (χ3n) is 5.29. The summed E-state index contributed by atoms with van der Waals surface area (Å²) in [4.78, 5) is 41.0. The summed E-state index contributed by atoms with van der Waals surface area (Å²) in [5.74, 6) is -1.62. The molecule has 2 aromatic rings. The van der Waals surface area contributed by atoms with Crippen molar-refractivity contribution in [3.05, 3.63) is 65.6 Å². The van der Waals surface area contributed by atoms with E-state index in [-0.39, 0.29) is 11.6 Å². The Balaban J connectivity index is 1.78. The molecular formula is C23H22FN3O3. The molecule has 1 fully saturated rings. The van der Waals surface area contributed by atoms with Crippen molar-refractivity contribution in [1.82, 2.24) is 4.90 Å². The number of halogens is 1. The number of nitrogens with one attached hydrogen (secondary N) is 1. The molecule has 0 atom stereocenters. The van der Waals surface area contributed by atoms with Crippen molar-refractivity contribution in [1.29, 1.82) is 0 Å². The summed E-state index contributed by atoms with van der Waals surface area (Å²) in [7, 11) is 0. The molecule has 2 aliphatic heterocycles. The number of rotatable bonds is 4. The van der Waals surface area contributed by atoms with Crippen LogP contribution in [0.2, 0.25) is 0 Å². The molecule has 2 aliphatic rings. The van der Waals surface area contributed by atoms with Crippen LogP contribution < -0.4 is 10.2 Å². The van der Waals surface area contributed by atoms with Gasteiger partial charge in [0.25, 0.3) is 11.8 Å². The van der Waals surface area contributed by atoms with E-state index in [2.05, 4.69) is 5.32 Å². The summed E-state index contributed by atoms with van der Waals surface area (Å²) in [5, 5.41) is 2.69. The highest BCUT2D eigenvalue weighted by molar-refractivity contribution is 6.45. The molecule has 7 heteroatoms. The minimum Gasteiger partial charge on any atom is -0.366 e. The van der Waals surface area contributed by atoms with Crippen LogP contribution in [0.1, 0.15) is 31.7 Å². The van der Waals surface area contributed by atoms with Crippen LogP contribution in [0.5, 0.6) is 0 Å². The maximum atomic E-state index is 13.8. The first-order chi connectivity index (χ1) is 14.5. The SMILES string of the molecule is CC(=O)Nc1ccc(C2=C(N3CCCCC3)C(=O)N(c3cccc(F)c3)C2=O)cc1. The number of benzene rings is 2. The molecule has 1 N–H and O–H groups in total. The normalized spacial score (nSPS) is 17.0. The van der Waals surface area contributed by atoms with Gasteiger partial charge in [-0.1, -0.05) is 18.2 Å². The summed E-state index contributed by atoms with van der Waals surface area (Å²) in [6.07, 6.45) is 2.97. The van der Waals surface area contributed by atoms with Gasteiger partial charge in [-0.15, -0.1) is 0 Å². The van der Waals surface area contributed by atoms with Gasteiger partial charge >= 0.3 is 0 Å². The van der Waals surface area contributed by atoms with Gasteiger partial charge in [-0.2, -0.15) is 0 Å². The molecule has 6 nitrogen and oxygen atoms in total. The fourth-order valence-electron chi connectivity index (χ4n) is 3.96. The lowest BCUT2D eigenvalue weighted by atomic mass is 10.0. The Morgan fingerprint density at radius 1 is 0.967 bits per heavy atom. The number of likely N-dealkylation sites (tertiary alicyclic amines) is 1. The average Bonchev–Trinajstić information content (AvgIpc) is 2.99. The number of carbonyl (C=O) groups is 3. The molecule has 1 saturated heterocycles. The number of nitrogens with zero attached hydrogens (tertiary/aromatic N) is 2. The molecule has 3 amide bonds. The number of piperidine rings is 1. The lowest BCUT2D eigenvalue weighted by Gasteiger charge is -2.29. The highest BCUT2D eigenvalue weighted by atomic mass is 19.1. The minimum atomic E-state index is -0.513. The van der Waals surface area contributed by atoms with Crippen LogP contribution in [0.25, 0.3) is 5.57 Å². The van der Waals surface area contributed by atoms with Crippen molar-refractivity contribution in [3.63, 3.8) is 0 Å². The number of anilines is 2. The van der Waals surface area contributed by atoms with Crippen LogP contribution in [0.3, 0.4) is 0 Å². The third-order valence-corrected chi connectivity index (χ3v) is 5.29. The van der Waals surface area contributed by atoms with Gasteiger partial charge in [0.05, 0.1) is 11.3 Å². The molecule has 4 rings (SSSR count). The number of amides is 3. The number of imide groups is 1. The molecule has 2 aromatic carbocycles. The summed E-state index contributed by atoms with van der Waals surface area (Å²) < 4.78 is 13.8. The van der Waals surface area contributed by atoms with Gasteiger partial charge in [0.15, 0.2) is 0 Å². The van der Waals surface area contributed by atoms with E-state index in [9.17, 15) is 18.8 Å². The molecule has 30 heavy (non-hydrogen) atoms. The quantitative estimate of drug-likeness (QED) is 0.787. The smallest absolute Gasteiger partial charge is 0.282 e. The Kier molecular flexibility index (Phi) is 5.35. The van der Waals surface area contributed by atoms with Crippen LogP contribution in [-0.2, 0) is 14.4 Å². The molecule has 0 aromatic heterocycles. The van der Waals surface area contributed by atoms with Gasteiger partial charge in [0.1, 0.15) is 11.5 Å². The zero-order valence-electron chi connectivity index (χ0n) is 16.7. The lowest BCUT2D eigenvalue weighted by molar-refractivity contribution is -0.121. The molecule has 0 unspecified atom stereocenters. The van der Waals surface area contributed by atoms with Gasteiger partial charge in [-0.25, -0.2) is 9.29 Å². The fraction of sp³-hybridized carbons (Fsp3) is 0.261. The van der Waals surface area contributed by atoms with Crippen LogP contribution in [0.15, 0.2) is 54.2 Å². The van der Waals surface area contributed by atoms with E-state index in [1.54, 1.807) is 30.3 Å². The number of carbonyl (C=O) groups excluding carboxylic acids is 3. The molecular weight excluding hydrogens is 385 g/mol. The van der Waals surface area contributed by atoms with E-state index in [0.717, 1.165) is 24.2 Å². The van der Waals surface area contributed by atoms with E-state index >= 15 is 0 Å². The van der Waals surface area contributed by atoms with E-state index in [1.807, 2.05) is 4.90 Å². The summed E-state index contributed by atoms with van der Waals surface area (Å²) in [6.45, 7) is 2.80. The van der Waals surface area contributed by atoms with Gasteiger partial charge in [-0.05, 0) is 55.2 Å². The van der Waals surface area contributed by atoms with Gasteiger partial charge in [-0.3, -0.25) is 14.4 Å². The van der Waals surface area contributed by atoms with Gasteiger partial charge in [0.2, 0.25) is 5.91 Å². The Morgan fingerprint density at radius 2 is 1.67 bits per heavy atom. The molecule has 0 aliphatic carbocycles. The average molecular weight is 407 g/mol. The second-order valence-electron chi connectivity index (χ2n) is 7.46. The maximum Gasteiger partial charge on any atom is 0.282 e. The molecule has 0 radical (unpaired) electrons. The van der Waals surface area contributed by atoms with Crippen molar-refractivity contribution in [2.75, 3.05) is 23.3 Å². The minimum absolute atomic E-state index is 0.194. The van der Waals surface area contributed by atoms with E-state index in [0.29, 0.717) is 35.6 Å². The van der Waals surface area contributed by atoms with Crippen LogP contribution >= 0.6 is 0 Å². The molecule has 0 saturated carbocycles. The van der Waals surface area contributed by atoms with Gasteiger partial charge < -0.3 is 10.2 Å². The van der Waals surface area contributed by atoms with Crippen molar-refractivity contribution in [2.45, 2.75) is 26.2 Å². The predicted octanol–water partition coefficient (Wildman–Crippen LogP) is 3.55. The predicted molar refractivity (Wildman–Crippen MR) is 112 cm³/mol. The second-order valence-corrected chi connectivity index (χ2v) is 7.46. The monoisotopic (exact) mass is 407 g/mol. The number of hydrogen-bond donors (Lipinski definition) is 1. The zero-order chi connectivity index (χ0) is 21.3. The first-order valence-corrected chi connectivity index (χ1v) is 9.97. The van der Waals surface area contributed by atoms with E-state index < -0.39 is 17.6 Å². The standard InChI is InChI=1S/C23H22FN3O3/c1-15(28)25-18-10-8-16(9-11-18)20-21(26-12-3-2-4-13-26)23(30)27(22(20)29)19-7-5-6-17(24)14-19/h5-11,14H,2-4,12-13H2,1H3,(H,25,28). The van der Waals surface area contributed by atoms with Crippen molar-refractivity contribution < 1.29 is 18.8 Å². The molecule has 154 valence electrons. The second kappa shape index (κ2) is 8.10. The molecule has 0 spiro atoms. The van der Waals surface area contributed by atoms with Crippen LogP contribution in [0.4, 0.5) is 15.8 Å². The largest absolute Gasteiger partial charge is 0.366 e. The Labute approximate surface area is 174 Å². The Morgan fingerprint density at radius 3 is 2.30 bits per heavy atom. The maximum absolute atomic E-state index is 13.8. The molecule has 0 bridgehead atoms. The highest BCUT2D eigenvalue weighted by Crippen LogP contribution is 2.36. The zero-order valence-corrected chi connectivity index (χ0v) is 16.7. The van der Waals surface area contributed by atoms with Crippen molar-refractivity contribution in [3.8, 4) is 0 Å². The summed E-state index contributed by atoms with van der Waals surface area (Å²) >= 11 is 0. The highest BCUT2D eigenvalue weighted by Gasteiger charge is 2.42. The Hall–Kier alpha value is -3.48. The fourth-order valence-corrected chi connectivity index (χ4v) is 3.96. The Bertz CT molecular complexity index is 1040. The third kappa shape index (κ3) is 3.70. The molecule has 2 heterocycles. The van der Waals surface area contributed by atoms with Crippen LogP contribution in [-0.4, -0.2) is 35.7 Å². The lowest BCUT2D eigenvalue weighted by Crippen LogP contribution is -2.37. The van der Waals surface area contributed by atoms with Crippen molar-refractivity contribution >= 4 is 34.7 Å². The van der Waals surface area contributed by atoms with E-state index in [4.69, 9.17) is 0 Å². The summed E-state index contributed by atoms with van der Waals surface area (Å²) in [6, 6.07) is 12.3. The topological polar surface area (TPSA) is 69.7 Å². The number of hydrogen-bond acceptors (Lipinski definition) is 4. The van der Waals surface area contributed by atoms with Gasteiger partial charge in [0, 0.05) is 25.7 Å². The first kappa shape index (κ1) is 19.8. The summed E-state index contributed by atoms with van der Waals surface area (Å²) in [5.41, 5.74) is 2.06.